The van der Waals surface area contributed by atoms with E-state index in [0.717, 1.165) is 18.4 Å². The van der Waals surface area contributed by atoms with Crippen molar-refractivity contribution < 1.29 is 28.2 Å². The molecule has 2 aromatic carbocycles. The molecule has 2 aliphatic rings. The molecule has 4 aromatic rings. The number of pyridine rings is 2. The topological polar surface area (TPSA) is 138 Å². The molecule has 2 aliphatic heterocycles. The fourth-order valence-corrected chi connectivity index (χ4v) is 7.88. The summed E-state index contributed by atoms with van der Waals surface area (Å²) in [5.41, 5.74) is 3.26. The molecule has 314 valence electrons. The third kappa shape index (κ3) is 10.8. The lowest BCUT2D eigenvalue weighted by atomic mass is 10.0. The normalized spacial score (nSPS) is 15.9. The predicted molar refractivity (Wildman–Crippen MR) is 228 cm³/mol. The van der Waals surface area contributed by atoms with Gasteiger partial charge in [-0.25, -0.2) is 14.2 Å². The first-order chi connectivity index (χ1) is 28.1. The van der Waals surface area contributed by atoms with Crippen LogP contribution in [0.15, 0.2) is 60.9 Å². The van der Waals surface area contributed by atoms with Crippen LogP contribution in [-0.4, -0.2) is 82.1 Å². The summed E-state index contributed by atoms with van der Waals surface area (Å²) in [5.74, 6) is 0.145. The van der Waals surface area contributed by atoms with E-state index < -0.39 is 17.5 Å². The lowest BCUT2D eigenvalue weighted by Crippen LogP contribution is -2.46. The van der Waals surface area contributed by atoms with Crippen LogP contribution in [0.2, 0.25) is 10.0 Å². The summed E-state index contributed by atoms with van der Waals surface area (Å²) in [6.07, 6.45) is 5.33. The first kappa shape index (κ1) is 43.6. The van der Waals surface area contributed by atoms with Crippen molar-refractivity contribution in [2.24, 2.45) is 5.92 Å². The van der Waals surface area contributed by atoms with Gasteiger partial charge in [0, 0.05) is 90.8 Å². The summed E-state index contributed by atoms with van der Waals surface area (Å²) in [6, 6.07) is 14.3. The van der Waals surface area contributed by atoms with Gasteiger partial charge in [0.2, 0.25) is 11.8 Å². The minimum Gasteiger partial charge on any atom is -0.496 e. The van der Waals surface area contributed by atoms with Gasteiger partial charge in [0.15, 0.2) is 11.6 Å². The number of nitrogens with zero attached hydrogens (tertiary/aromatic N) is 4. The molecule has 1 atom stereocenters. The fourth-order valence-electron chi connectivity index (χ4n) is 7.29. The van der Waals surface area contributed by atoms with Crippen LogP contribution >= 0.6 is 23.2 Å². The van der Waals surface area contributed by atoms with Crippen molar-refractivity contribution in [2.45, 2.75) is 91.1 Å². The summed E-state index contributed by atoms with van der Waals surface area (Å²) in [5, 5.41) is 10.1. The molecule has 3 N–H and O–H groups in total. The molecule has 2 fully saturated rings. The number of amides is 3. The van der Waals surface area contributed by atoms with Gasteiger partial charge in [0.1, 0.15) is 11.4 Å². The number of hydrogen-bond donors (Lipinski definition) is 3. The van der Waals surface area contributed by atoms with Crippen LogP contribution in [0.3, 0.4) is 0 Å². The van der Waals surface area contributed by atoms with Crippen molar-refractivity contribution in [2.75, 3.05) is 32.1 Å². The monoisotopic (exact) mass is 847 g/mol. The number of anilines is 2. The van der Waals surface area contributed by atoms with Gasteiger partial charge < -0.3 is 35.2 Å². The Kier molecular flexibility index (Phi) is 14.0. The maximum absolute atomic E-state index is 15.9. The molecule has 59 heavy (non-hydrogen) atoms. The number of piperidine rings is 1. The average molecular weight is 849 g/mol. The molecule has 2 aromatic heterocycles. The average Bonchev–Trinajstić information content (AvgIpc) is 3.62. The maximum Gasteiger partial charge on any atom is 0.410 e. The Balaban J connectivity index is 1.18. The second kappa shape index (κ2) is 18.9. The molecule has 0 aliphatic carbocycles. The van der Waals surface area contributed by atoms with Crippen LogP contribution in [0.25, 0.3) is 22.4 Å². The summed E-state index contributed by atoms with van der Waals surface area (Å²) < 4.78 is 27.4. The van der Waals surface area contributed by atoms with E-state index in [1.165, 1.54) is 0 Å². The van der Waals surface area contributed by atoms with Gasteiger partial charge >= 0.3 is 6.09 Å². The molecular formula is C44H52Cl2FN7O5. The van der Waals surface area contributed by atoms with E-state index in [-0.39, 0.29) is 48.7 Å². The van der Waals surface area contributed by atoms with Crippen LogP contribution in [0.1, 0.15) is 71.4 Å². The van der Waals surface area contributed by atoms with Gasteiger partial charge in [-0.05, 0) is 64.3 Å². The third-order valence-electron chi connectivity index (χ3n) is 10.4. The molecule has 4 heterocycles. The standard InChI is InChI=1S/C44H52Cl2FN7O5/c1-26(2)42(56)53-20-16-30(17-21-53)50-23-28-14-18-49-41(39(28)47)52-34-9-7-8-32(37(34)45)33-15-19-48-40(38(33)46)27-10-11-29(35(22-27)58-6)24-54(43(57)59-44(3,4)5)25-31-12-13-36(55)51-31/h7-11,14-15,18-19,22,26,30-31,50H,12-13,16-17,20-21,23-25H2,1-6H3,(H,49,52)(H,51,55)/t31-/m0/s1. The number of aromatic nitrogens is 2. The number of carbonyl (C=O) groups excluding carboxylic acids is 3. The lowest BCUT2D eigenvalue weighted by Gasteiger charge is -2.33. The van der Waals surface area contributed by atoms with Crippen molar-refractivity contribution in [1.29, 1.82) is 0 Å². The molecule has 2 saturated heterocycles. The molecule has 0 saturated carbocycles. The van der Waals surface area contributed by atoms with Gasteiger partial charge in [0.25, 0.3) is 0 Å². The third-order valence-corrected chi connectivity index (χ3v) is 11.2. The number of methoxy groups -OCH3 is 1. The zero-order valence-electron chi connectivity index (χ0n) is 34.3. The number of benzene rings is 2. The smallest absolute Gasteiger partial charge is 0.410 e. The molecular weight excluding hydrogens is 796 g/mol. The van der Waals surface area contributed by atoms with Crippen LogP contribution < -0.4 is 20.7 Å². The molecule has 6 rings (SSSR count). The highest BCUT2D eigenvalue weighted by Gasteiger charge is 2.30. The Morgan fingerprint density at radius 1 is 1.00 bits per heavy atom. The van der Waals surface area contributed by atoms with Gasteiger partial charge in [-0.3, -0.25) is 14.6 Å². The van der Waals surface area contributed by atoms with Crippen LogP contribution in [0.4, 0.5) is 20.7 Å². The Hall–Kier alpha value is -4.98. The molecule has 12 nitrogen and oxygen atoms in total. The maximum atomic E-state index is 15.9. The first-order valence-electron chi connectivity index (χ1n) is 19.9. The number of ether oxygens (including phenoxy) is 2. The number of rotatable bonds is 13. The highest BCUT2D eigenvalue weighted by atomic mass is 35.5. The lowest BCUT2D eigenvalue weighted by molar-refractivity contribution is -0.135. The number of hydrogen-bond acceptors (Lipinski definition) is 9. The van der Waals surface area contributed by atoms with E-state index in [4.69, 9.17) is 32.7 Å². The predicted octanol–water partition coefficient (Wildman–Crippen LogP) is 8.76. The zero-order chi connectivity index (χ0) is 42.4. The van der Waals surface area contributed by atoms with E-state index in [1.807, 2.05) is 43.0 Å². The van der Waals surface area contributed by atoms with Crippen LogP contribution in [-0.2, 0) is 27.4 Å². The van der Waals surface area contributed by atoms with E-state index in [0.29, 0.717) is 81.9 Å². The number of halogens is 3. The van der Waals surface area contributed by atoms with Crippen LogP contribution in [0, 0.1) is 11.7 Å². The second-order valence-corrected chi connectivity index (χ2v) is 17.0. The van der Waals surface area contributed by atoms with E-state index >= 15 is 4.39 Å². The summed E-state index contributed by atoms with van der Waals surface area (Å²) >= 11 is 14.1. The number of nitrogens with one attached hydrogen (secondary N) is 3. The molecule has 0 unspecified atom stereocenters. The van der Waals surface area contributed by atoms with Crippen LogP contribution in [0.5, 0.6) is 5.75 Å². The van der Waals surface area contributed by atoms with Crippen molar-refractivity contribution in [3.63, 3.8) is 0 Å². The number of likely N-dealkylation sites (tertiary alicyclic amines) is 1. The summed E-state index contributed by atoms with van der Waals surface area (Å²) in [6.45, 7) is 11.4. The Morgan fingerprint density at radius 3 is 2.41 bits per heavy atom. The highest BCUT2D eigenvalue weighted by molar-refractivity contribution is 6.39. The molecule has 0 radical (unpaired) electrons. The van der Waals surface area contributed by atoms with Crippen molar-refractivity contribution in [3.05, 3.63) is 87.9 Å². The molecule has 15 heteroatoms. The Bertz CT molecular complexity index is 2170. The van der Waals surface area contributed by atoms with Gasteiger partial charge in [-0.15, -0.1) is 0 Å². The fraction of sp³-hybridized carbons (Fsp3) is 0.432. The first-order valence-corrected chi connectivity index (χ1v) is 20.7. The second-order valence-electron chi connectivity index (χ2n) is 16.3. The minimum absolute atomic E-state index is 0.0307. The molecule has 3 amide bonds. The van der Waals surface area contributed by atoms with E-state index in [2.05, 4.69) is 25.9 Å². The molecule has 0 spiro atoms. The Morgan fingerprint density at radius 2 is 1.73 bits per heavy atom. The van der Waals surface area contributed by atoms with E-state index in [9.17, 15) is 14.4 Å². The quantitative estimate of drug-likeness (QED) is 0.121. The largest absolute Gasteiger partial charge is 0.496 e. The molecule has 0 bridgehead atoms. The summed E-state index contributed by atoms with van der Waals surface area (Å²) in [4.78, 5) is 50.0. The SMILES string of the molecule is COc1cc(-c2nccc(-c3cccc(Nc4nccc(CNC5CCN(C(=O)C(C)C)CC5)c4F)c3Cl)c2Cl)ccc1CN(C[C@@H]1CCC(=O)N1)C(=O)OC(C)(C)C. The minimum atomic E-state index is -0.708. The van der Waals surface area contributed by atoms with Crippen molar-refractivity contribution in [3.8, 4) is 28.1 Å². The van der Waals surface area contributed by atoms with Crippen molar-refractivity contribution in [1.82, 2.24) is 30.4 Å². The van der Waals surface area contributed by atoms with Gasteiger partial charge in [0.05, 0.1) is 35.1 Å². The Labute approximate surface area is 355 Å². The van der Waals surface area contributed by atoms with Crippen molar-refractivity contribution >= 4 is 52.6 Å². The summed E-state index contributed by atoms with van der Waals surface area (Å²) in [7, 11) is 1.55. The van der Waals surface area contributed by atoms with Gasteiger partial charge in [-0.2, -0.15) is 0 Å². The number of carbonyl (C=O) groups is 3. The van der Waals surface area contributed by atoms with E-state index in [1.54, 1.807) is 69.4 Å². The zero-order valence-corrected chi connectivity index (χ0v) is 35.8. The highest BCUT2D eigenvalue weighted by Crippen LogP contribution is 2.42. The van der Waals surface area contributed by atoms with Gasteiger partial charge in [-0.1, -0.05) is 61.3 Å².